The van der Waals surface area contributed by atoms with E-state index in [1.165, 1.54) is 0 Å². The molecule has 0 aromatic heterocycles. The van der Waals surface area contributed by atoms with Crippen molar-refractivity contribution in [2.45, 2.75) is 53.4 Å². The largest absolute Gasteiger partial charge is 0.341 e. The van der Waals surface area contributed by atoms with Crippen molar-refractivity contribution < 1.29 is 9.59 Å². The van der Waals surface area contributed by atoms with Gasteiger partial charge in [0.2, 0.25) is 11.8 Å². The van der Waals surface area contributed by atoms with Crippen LogP contribution < -0.4 is 5.32 Å². The van der Waals surface area contributed by atoms with Crippen LogP contribution in [-0.4, -0.2) is 29.8 Å². The average Bonchev–Trinajstić information content (AvgIpc) is 2.53. The highest BCUT2D eigenvalue weighted by atomic mass is 16.2. The Morgan fingerprint density at radius 2 is 1.88 bits per heavy atom. The molecule has 0 spiro atoms. The summed E-state index contributed by atoms with van der Waals surface area (Å²) in [7, 11) is 0. The number of carbonyl (C=O) groups excluding carboxylic acids is 2. The molecule has 24 heavy (non-hydrogen) atoms. The first-order valence-electron chi connectivity index (χ1n) is 8.89. The Hall–Kier alpha value is -1.84. The minimum absolute atomic E-state index is 0.0227. The van der Waals surface area contributed by atoms with Gasteiger partial charge in [-0.2, -0.15) is 0 Å². The van der Waals surface area contributed by atoms with E-state index in [1.807, 2.05) is 43.9 Å². The van der Waals surface area contributed by atoms with Gasteiger partial charge in [-0.1, -0.05) is 52.8 Å². The van der Waals surface area contributed by atoms with E-state index in [0.29, 0.717) is 12.5 Å². The highest BCUT2D eigenvalue weighted by Gasteiger charge is 2.33. The van der Waals surface area contributed by atoms with Gasteiger partial charge in [-0.15, -0.1) is 0 Å². The van der Waals surface area contributed by atoms with Gasteiger partial charge >= 0.3 is 0 Å². The standard InChI is InChI=1S/C20H30N2O2/c1-14(2)16-10-6-7-11-17(16)21-18(23)15-9-8-12-22(13-15)19(24)20(3,4)5/h6-7,10-11,14-15H,8-9,12-13H2,1-5H3,(H,21,23). The zero-order valence-corrected chi connectivity index (χ0v) is 15.6. The molecule has 1 saturated heterocycles. The lowest BCUT2D eigenvalue weighted by Crippen LogP contribution is -2.47. The van der Waals surface area contributed by atoms with Crippen molar-refractivity contribution >= 4 is 17.5 Å². The summed E-state index contributed by atoms with van der Waals surface area (Å²) < 4.78 is 0. The van der Waals surface area contributed by atoms with Crippen LogP contribution in [0, 0.1) is 11.3 Å². The molecule has 0 saturated carbocycles. The summed E-state index contributed by atoms with van der Waals surface area (Å²) in [5.74, 6) is 0.370. The maximum Gasteiger partial charge on any atom is 0.229 e. The van der Waals surface area contributed by atoms with Crippen LogP contribution in [-0.2, 0) is 9.59 Å². The van der Waals surface area contributed by atoms with Crippen molar-refractivity contribution in [2.24, 2.45) is 11.3 Å². The SMILES string of the molecule is CC(C)c1ccccc1NC(=O)C1CCCN(C(=O)C(C)(C)C)C1. The first-order chi connectivity index (χ1) is 11.2. The molecule has 1 aliphatic rings. The fourth-order valence-electron chi connectivity index (χ4n) is 3.20. The van der Waals surface area contributed by atoms with Gasteiger partial charge < -0.3 is 10.2 Å². The summed E-state index contributed by atoms with van der Waals surface area (Å²) in [5.41, 5.74) is 1.63. The van der Waals surface area contributed by atoms with Crippen molar-refractivity contribution in [1.82, 2.24) is 4.90 Å². The zero-order chi connectivity index (χ0) is 17.9. The molecule has 132 valence electrons. The van der Waals surface area contributed by atoms with Crippen LogP contribution in [0.3, 0.4) is 0 Å². The number of hydrogen-bond donors (Lipinski definition) is 1. The van der Waals surface area contributed by atoms with Gasteiger partial charge in [0.25, 0.3) is 0 Å². The highest BCUT2D eigenvalue weighted by molar-refractivity contribution is 5.94. The molecular formula is C20H30N2O2. The maximum absolute atomic E-state index is 12.7. The van der Waals surface area contributed by atoms with E-state index in [-0.39, 0.29) is 17.7 Å². The molecule has 2 amide bonds. The summed E-state index contributed by atoms with van der Waals surface area (Å²) in [6.07, 6.45) is 1.72. The van der Waals surface area contributed by atoms with Crippen LogP contribution >= 0.6 is 0 Å². The van der Waals surface area contributed by atoms with Crippen LogP contribution in [0.15, 0.2) is 24.3 Å². The number of likely N-dealkylation sites (tertiary alicyclic amines) is 1. The molecule has 1 aromatic rings. The molecule has 1 fully saturated rings. The number of hydrogen-bond acceptors (Lipinski definition) is 2. The predicted octanol–water partition coefficient (Wildman–Crippen LogP) is 4.03. The fraction of sp³-hybridized carbons (Fsp3) is 0.600. The van der Waals surface area contributed by atoms with Crippen molar-refractivity contribution in [3.8, 4) is 0 Å². The summed E-state index contributed by atoms with van der Waals surface area (Å²) in [4.78, 5) is 27.0. The molecule has 4 nitrogen and oxygen atoms in total. The van der Waals surface area contributed by atoms with Crippen molar-refractivity contribution in [1.29, 1.82) is 0 Å². The van der Waals surface area contributed by atoms with E-state index >= 15 is 0 Å². The van der Waals surface area contributed by atoms with Crippen LogP contribution in [0.2, 0.25) is 0 Å². The second-order valence-electron chi connectivity index (χ2n) is 8.07. The van der Waals surface area contributed by atoms with Gasteiger partial charge in [0, 0.05) is 24.2 Å². The quantitative estimate of drug-likeness (QED) is 0.909. The normalized spacial score (nSPS) is 18.6. The van der Waals surface area contributed by atoms with Gasteiger partial charge in [0.05, 0.1) is 5.92 Å². The van der Waals surface area contributed by atoms with E-state index < -0.39 is 5.41 Å². The Bertz CT molecular complexity index is 602. The van der Waals surface area contributed by atoms with E-state index in [2.05, 4.69) is 25.2 Å². The van der Waals surface area contributed by atoms with Crippen molar-refractivity contribution in [3.05, 3.63) is 29.8 Å². The predicted molar refractivity (Wildman–Crippen MR) is 97.9 cm³/mol. The molecule has 1 aromatic carbocycles. The molecular weight excluding hydrogens is 300 g/mol. The van der Waals surface area contributed by atoms with Crippen molar-refractivity contribution in [3.63, 3.8) is 0 Å². The lowest BCUT2D eigenvalue weighted by atomic mass is 9.90. The molecule has 1 atom stereocenters. The molecule has 1 N–H and O–H groups in total. The molecule has 0 bridgehead atoms. The van der Waals surface area contributed by atoms with Crippen LogP contribution in [0.25, 0.3) is 0 Å². The molecule has 1 unspecified atom stereocenters. The molecule has 1 heterocycles. The minimum atomic E-state index is -0.400. The molecule has 2 rings (SSSR count). The third-order valence-electron chi connectivity index (χ3n) is 4.56. The second-order valence-corrected chi connectivity index (χ2v) is 8.07. The minimum Gasteiger partial charge on any atom is -0.341 e. The lowest BCUT2D eigenvalue weighted by molar-refractivity contribution is -0.142. The number of piperidine rings is 1. The average molecular weight is 330 g/mol. The number of nitrogens with one attached hydrogen (secondary N) is 1. The number of nitrogens with zero attached hydrogens (tertiary/aromatic N) is 1. The third-order valence-corrected chi connectivity index (χ3v) is 4.56. The first-order valence-corrected chi connectivity index (χ1v) is 8.89. The number of rotatable bonds is 3. The maximum atomic E-state index is 12.7. The number of carbonyl (C=O) groups is 2. The number of para-hydroxylation sites is 1. The lowest BCUT2D eigenvalue weighted by Gasteiger charge is -2.36. The fourth-order valence-corrected chi connectivity index (χ4v) is 3.20. The van der Waals surface area contributed by atoms with Gasteiger partial charge in [-0.3, -0.25) is 9.59 Å². The Morgan fingerprint density at radius 3 is 2.50 bits per heavy atom. The van der Waals surface area contributed by atoms with E-state index in [1.54, 1.807) is 0 Å². The van der Waals surface area contributed by atoms with Gasteiger partial charge in [-0.25, -0.2) is 0 Å². The van der Waals surface area contributed by atoms with Crippen molar-refractivity contribution in [2.75, 3.05) is 18.4 Å². The molecule has 1 aliphatic heterocycles. The van der Waals surface area contributed by atoms with E-state index in [9.17, 15) is 9.59 Å². The van der Waals surface area contributed by atoms with Gasteiger partial charge in [0.1, 0.15) is 0 Å². The Balaban J connectivity index is 2.06. The highest BCUT2D eigenvalue weighted by Crippen LogP contribution is 2.27. The molecule has 0 aliphatic carbocycles. The molecule has 4 heteroatoms. The van der Waals surface area contributed by atoms with Gasteiger partial charge in [0.15, 0.2) is 0 Å². The van der Waals surface area contributed by atoms with Crippen LogP contribution in [0.1, 0.15) is 58.9 Å². The molecule has 0 radical (unpaired) electrons. The summed E-state index contributed by atoms with van der Waals surface area (Å²) in [6.45, 7) is 11.3. The second kappa shape index (κ2) is 7.37. The zero-order valence-electron chi connectivity index (χ0n) is 15.6. The Kier molecular flexibility index (Phi) is 5.68. The smallest absolute Gasteiger partial charge is 0.229 e. The van der Waals surface area contributed by atoms with Gasteiger partial charge in [-0.05, 0) is 30.4 Å². The van der Waals surface area contributed by atoms with E-state index in [0.717, 1.165) is 30.6 Å². The monoisotopic (exact) mass is 330 g/mol. The van der Waals surface area contributed by atoms with Crippen LogP contribution in [0.5, 0.6) is 0 Å². The third kappa shape index (κ3) is 4.37. The Morgan fingerprint density at radius 1 is 1.21 bits per heavy atom. The number of amides is 2. The summed E-state index contributed by atoms with van der Waals surface area (Å²) in [6, 6.07) is 7.94. The van der Waals surface area contributed by atoms with E-state index in [4.69, 9.17) is 0 Å². The Labute approximate surface area is 145 Å². The van der Waals surface area contributed by atoms with Crippen LogP contribution in [0.4, 0.5) is 5.69 Å². The summed E-state index contributed by atoms with van der Waals surface area (Å²) >= 11 is 0. The number of benzene rings is 1. The topological polar surface area (TPSA) is 49.4 Å². The first kappa shape index (κ1) is 18.5. The number of anilines is 1. The summed E-state index contributed by atoms with van der Waals surface area (Å²) in [5, 5.41) is 3.08.